The van der Waals surface area contributed by atoms with Crippen molar-refractivity contribution in [3.05, 3.63) is 71.4 Å². The number of hydrogen-bond donors (Lipinski definition) is 4. The third-order valence-electron chi connectivity index (χ3n) is 14.5. The van der Waals surface area contributed by atoms with Gasteiger partial charge in [-0.3, -0.25) is 33.7 Å². The minimum Gasteiger partial charge on any atom is -0.478 e. The average Bonchev–Trinajstić information content (AvgIpc) is 4.00. The number of benzene rings is 2. The molecule has 2 aliphatic rings. The zero-order valence-electron chi connectivity index (χ0n) is 43.2. The predicted octanol–water partition coefficient (Wildman–Crippen LogP) is 5.67. The Balaban J connectivity index is 1.29. The third kappa shape index (κ3) is 13.5. The van der Waals surface area contributed by atoms with Crippen molar-refractivity contribution in [3.8, 4) is 0 Å². The topological polar surface area (TPSA) is 203 Å². The predicted molar refractivity (Wildman–Crippen MR) is 267 cm³/mol. The Bertz CT molecular complexity index is 2230. The average molecular weight is 974 g/mol. The molecule has 2 saturated heterocycles. The number of fused-ring (bicyclic) bond motifs is 1. The first kappa shape index (κ1) is 55.6. The summed E-state index contributed by atoms with van der Waals surface area (Å²) < 4.78 is 12.2. The lowest BCUT2D eigenvalue weighted by atomic mass is 9.89. The van der Waals surface area contributed by atoms with E-state index in [1.165, 1.54) is 24.3 Å². The number of para-hydroxylation sites is 1. The Morgan fingerprint density at radius 2 is 1.57 bits per heavy atom. The van der Waals surface area contributed by atoms with Crippen molar-refractivity contribution in [1.29, 1.82) is 0 Å². The van der Waals surface area contributed by atoms with E-state index in [2.05, 4.69) is 15.6 Å². The fourth-order valence-corrected chi connectivity index (χ4v) is 10.4. The van der Waals surface area contributed by atoms with Gasteiger partial charge in [-0.25, -0.2) is 9.86 Å². The number of carboxylic acids is 1. The number of carbonyl (C=O) groups excluding carboxylic acids is 5. The monoisotopic (exact) mass is 974 g/mol. The van der Waals surface area contributed by atoms with Gasteiger partial charge < -0.3 is 40.0 Å². The second-order valence-corrected chi connectivity index (χ2v) is 20.0. The maximum atomic E-state index is 14.7. The van der Waals surface area contributed by atoms with Crippen molar-refractivity contribution in [2.24, 2.45) is 23.7 Å². The summed E-state index contributed by atoms with van der Waals surface area (Å²) in [4.78, 5) is 97.4. The molecule has 9 atom stereocenters. The minimum absolute atomic E-state index is 0.0416. The number of likely N-dealkylation sites (N-methyl/N-ethyl adjacent to an activating group) is 2. The van der Waals surface area contributed by atoms with Crippen molar-refractivity contribution in [2.45, 2.75) is 142 Å². The second-order valence-electron chi connectivity index (χ2n) is 20.0. The van der Waals surface area contributed by atoms with Crippen LogP contribution in [0.5, 0.6) is 0 Å². The summed E-state index contributed by atoms with van der Waals surface area (Å²) in [5.74, 6) is -3.76. The number of methoxy groups -OCH3 is 2. The number of hydroxylamine groups is 2. The second kappa shape index (κ2) is 25.7. The Morgan fingerprint density at radius 1 is 0.871 bits per heavy atom. The van der Waals surface area contributed by atoms with Gasteiger partial charge >= 0.3 is 5.97 Å². The highest BCUT2D eigenvalue weighted by Crippen LogP contribution is 2.30. The normalized spacial score (nSPS) is 18.8. The van der Waals surface area contributed by atoms with Crippen LogP contribution in [0.2, 0.25) is 0 Å². The molecule has 2 fully saturated rings. The van der Waals surface area contributed by atoms with Crippen LogP contribution in [0.15, 0.2) is 54.7 Å². The van der Waals surface area contributed by atoms with Crippen molar-refractivity contribution < 1.29 is 48.2 Å². The van der Waals surface area contributed by atoms with Gasteiger partial charge in [-0.2, -0.15) is 0 Å². The number of H-pyrrole nitrogens is 1. The molecule has 0 radical (unpaired) electrons. The fraction of sp³-hybridized carbons (Fsp3) is 0.623. The van der Waals surface area contributed by atoms with Gasteiger partial charge in [0.1, 0.15) is 12.1 Å². The van der Waals surface area contributed by atoms with E-state index >= 15 is 0 Å². The number of rotatable bonds is 24. The molecule has 0 bridgehead atoms. The molecule has 17 heteroatoms. The molecule has 3 aromatic rings. The lowest BCUT2D eigenvalue weighted by Gasteiger charge is -2.41. The van der Waals surface area contributed by atoms with E-state index < -0.39 is 54.3 Å². The Kier molecular flexibility index (Phi) is 20.4. The highest BCUT2D eigenvalue weighted by atomic mass is 16.7. The number of hydrogen-bond acceptors (Lipinski definition) is 10. The van der Waals surface area contributed by atoms with E-state index in [1.54, 1.807) is 43.0 Å². The molecule has 5 rings (SSSR count). The lowest BCUT2D eigenvalue weighted by Crippen LogP contribution is -2.60. The highest BCUT2D eigenvalue weighted by molar-refractivity contribution is 5.91. The molecule has 4 N–H and O–H groups in total. The van der Waals surface area contributed by atoms with E-state index in [0.717, 1.165) is 34.9 Å². The van der Waals surface area contributed by atoms with Crippen LogP contribution >= 0.6 is 0 Å². The molecular formula is C53H79N7O10. The van der Waals surface area contributed by atoms with Crippen LogP contribution in [-0.4, -0.2) is 156 Å². The number of aromatic nitrogens is 1. The molecule has 17 nitrogen and oxygen atoms in total. The third-order valence-corrected chi connectivity index (χ3v) is 14.5. The largest absolute Gasteiger partial charge is 0.478 e. The SMILES string of the molecule is CCC(C)C(C(CC(=O)N1CCC[C@H]1C(OC)C(C)C(=O)NC(Cc1c[nH]c2ccccc12)C(=O)N1CCCCO1)OC)N(C)C(=O)C(NC(=O)C(C(C)C)N(C)Cc1ccc(C(=O)O)cc1)C(C)C. The quantitative estimate of drug-likeness (QED) is 0.0863. The maximum Gasteiger partial charge on any atom is 0.335 e. The van der Waals surface area contributed by atoms with Gasteiger partial charge in [-0.15, -0.1) is 0 Å². The van der Waals surface area contributed by atoms with Crippen molar-refractivity contribution in [1.82, 2.24) is 35.4 Å². The van der Waals surface area contributed by atoms with E-state index in [4.69, 9.17) is 14.3 Å². The van der Waals surface area contributed by atoms with Crippen LogP contribution in [0, 0.1) is 23.7 Å². The Morgan fingerprint density at radius 3 is 2.17 bits per heavy atom. The minimum atomic E-state index is -1.01. The molecule has 0 aliphatic carbocycles. The van der Waals surface area contributed by atoms with Gasteiger partial charge in [-0.1, -0.05) is 85.2 Å². The van der Waals surface area contributed by atoms with Gasteiger partial charge in [0.05, 0.1) is 54.8 Å². The first-order chi connectivity index (χ1) is 33.3. The van der Waals surface area contributed by atoms with Crippen molar-refractivity contribution in [2.75, 3.05) is 48.0 Å². The van der Waals surface area contributed by atoms with E-state index in [0.29, 0.717) is 45.5 Å². The van der Waals surface area contributed by atoms with Crippen molar-refractivity contribution in [3.63, 3.8) is 0 Å². The first-order valence-electron chi connectivity index (χ1n) is 25.1. The fourth-order valence-electron chi connectivity index (χ4n) is 10.4. The van der Waals surface area contributed by atoms with Crippen LogP contribution in [0.25, 0.3) is 10.9 Å². The number of ether oxygens (including phenoxy) is 2. The number of likely N-dealkylation sites (tertiary alicyclic amines) is 1. The van der Waals surface area contributed by atoms with Crippen molar-refractivity contribution >= 4 is 46.4 Å². The summed E-state index contributed by atoms with van der Waals surface area (Å²) in [6, 6.07) is 11.0. The van der Waals surface area contributed by atoms with Crippen LogP contribution in [0.4, 0.5) is 0 Å². The molecule has 1 aromatic heterocycles. The molecule has 0 spiro atoms. The molecule has 5 amide bonds. The number of carboxylic acid groups (broad SMARTS) is 1. The van der Waals surface area contributed by atoms with Gasteiger partial charge in [0.2, 0.25) is 23.6 Å². The Hall–Kier alpha value is -5.36. The van der Waals surface area contributed by atoms with Gasteiger partial charge in [-0.05, 0) is 79.8 Å². The lowest BCUT2D eigenvalue weighted by molar-refractivity contribution is -0.199. The smallest absolute Gasteiger partial charge is 0.335 e. The van der Waals surface area contributed by atoms with Crippen LogP contribution < -0.4 is 10.6 Å². The molecule has 3 heterocycles. The molecule has 2 aliphatic heterocycles. The summed E-state index contributed by atoms with van der Waals surface area (Å²) in [7, 11) is 6.62. The Labute approximate surface area is 414 Å². The summed E-state index contributed by atoms with van der Waals surface area (Å²) in [6.45, 7) is 15.2. The zero-order valence-corrected chi connectivity index (χ0v) is 43.2. The summed E-state index contributed by atoms with van der Waals surface area (Å²) >= 11 is 0. The molecule has 2 aromatic carbocycles. The number of aromatic amines is 1. The zero-order chi connectivity index (χ0) is 51.4. The standard InChI is InChI=1S/C53H79N7O10/c1-12-34(6)47(58(9)52(65)45(32(2)3)56-50(63)46(33(4)5)57(8)31-36-21-23-37(24-22-36)53(66)67)43(68-10)29-44(61)59-25-17-20-42(59)48(69-11)35(7)49(62)55-41(51(64)60-26-15-16-27-70-60)28-38-30-54-40-19-14-13-18-39(38)40/h13-14,18-19,21-24,30,32-35,41-43,45-48,54H,12,15-17,20,25-29,31H2,1-11H3,(H,55,62)(H,56,63)(H,66,67)/t34?,35?,41?,42-,43?,45?,46?,47?,48?/m0/s1. The van der Waals surface area contributed by atoms with Crippen LogP contribution in [0.3, 0.4) is 0 Å². The molecular weight excluding hydrogens is 895 g/mol. The molecule has 8 unspecified atom stereocenters. The number of amides is 5. The van der Waals surface area contributed by atoms with E-state index in [-0.39, 0.29) is 65.7 Å². The number of carbonyl (C=O) groups is 6. The number of nitrogens with one attached hydrogen (secondary N) is 3. The van der Waals surface area contributed by atoms with Gasteiger partial charge in [0, 0.05) is 64.4 Å². The molecule has 0 saturated carbocycles. The van der Waals surface area contributed by atoms with E-state index in [1.807, 2.05) is 84.0 Å². The summed E-state index contributed by atoms with van der Waals surface area (Å²) in [5.41, 5.74) is 2.84. The first-order valence-corrected chi connectivity index (χ1v) is 25.1. The highest BCUT2D eigenvalue weighted by Gasteiger charge is 2.44. The van der Waals surface area contributed by atoms with E-state index in [9.17, 15) is 33.9 Å². The van der Waals surface area contributed by atoms with Gasteiger partial charge in [0.25, 0.3) is 5.91 Å². The summed E-state index contributed by atoms with van der Waals surface area (Å²) in [5, 5.41) is 17.8. The van der Waals surface area contributed by atoms with Crippen LogP contribution in [0.1, 0.15) is 108 Å². The van der Waals surface area contributed by atoms with Crippen LogP contribution in [-0.2, 0) is 51.2 Å². The summed E-state index contributed by atoms with van der Waals surface area (Å²) in [6.07, 6.45) is 4.29. The number of nitrogens with zero attached hydrogens (tertiary/aromatic N) is 4. The number of aromatic carboxylic acids is 1. The van der Waals surface area contributed by atoms with Gasteiger partial charge in [0.15, 0.2) is 0 Å². The molecule has 70 heavy (non-hydrogen) atoms. The molecule has 386 valence electrons. The maximum absolute atomic E-state index is 14.7.